The molecule has 0 unspecified atom stereocenters. The van der Waals surface area contributed by atoms with E-state index in [1.807, 2.05) is 0 Å². The lowest BCUT2D eigenvalue weighted by molar-refractivity contribution is 0.763. The average molecular weight is 97.2 g/mol. The molecule has 0 amide bonds. The van der Waals surface area contributed by atoms with E-state index >= 15 is 0 Å². The van der Waals surface area contributed by atoms with Crippen LogP contribution in [0.4, 0.5) is 0 Å². The lowest BCUT2D eigenvalue weighted by Gasteiger charge is -1.84. The molecule has 1 aliphatic rings. The number of hydrogen-bond acceptors (Lipinski definition) is 0. The summed E-state index contributed by atoms with van der Waals surface area (Å²) in [6.45, 7) is 6.78. The number of rotatable bonds is 1. The minimum atomic E-state index is 0.986. The third kappa shape index (κ3) is 0.902. The second kappa shape index (κ2) is 1.43. The molecule has 0 nitrogen and oxygen atoms in total. The summed E-state index contributed by atoms with van der Waals surface area (Å²) in [7, 11) is 0. The van der Waals surface area contributed by atoms with Gasteiger partial charge in [-0.2, -0.15) is 0 Å². The Kier molecular flexibility index (Phi) is 1.02. The van der Waals surface area contributed by atoms with Crippen LogP contribution in [0.2, 0.25) is 0 Å². The zero-order chi connectivity index (χ0) is 5.44. The molecule has 2 atom stereocenters. The van der Waals surface area contributed by atoms with Crippen LogP contribution < -0.4 is 0 Å². The maximum atomic E-state index is 2.32. The van der Waals surface area contributed by atoms with Crippen LogP contribution in [-0.2, 0) is 0 Å². The fourth-order valence-corrected chi connectivity index (χ4v) is 1.13. The molecule has 40 valence electrons. The Hall–Kier alpha value is -0.130. The summed E-state index contributed by atoms with van der Waals surface area (Å²) >= 11 is 0. The van der Waals surface area contributed by atoms with Crippen molar-refractivity contribution < 1.29 is 0 Å². The Bertz CT molecular complexity index is 64.4. The maximum Gasteiger partial charge on any atom is 0.103 e. The van der Waals surface area contributed by atoms with Gasteiger partial charge in [0.2, 0.25) is 0 Å². The smallest absolute Gasteiger partial charge is 0.0580 e. The van der Waals surface area contributed by atoms with Crippen molar-refractivity contribution in [1.29, 1.82) is 0 Å². The van der Waals surface area contributed by atoms with Crippen LogP contribution in [0.15, 0.2) is 0 Å². The van der Waals surface area contributed by atoms with Gasteiger partial charge in [-0.3, -0.25) is 0 Å². The maximum absolute atomic E-state index is 2.32. The molecule has 0 aliphatic heterocycles. The molecule has 0 aromatic rings. The second-order valence-corrected chi connectivity index (χ2v) is 2.90. The fraction of sp³-hybridized carbons (Fsp3) is 0.857. The highest BCUT2D eigenvalue weighted by atomic mass is 14.4. The van der Waals surface area contributed by atoms with E-state index in [0.29, 0.717) is 0 Å². The van der Waals surface area contributed by atoms with Crippen molar-refractivity contribution in [2.45, 2.75) is 27.2 Å². The average Bonchev–Trinajstić information content (AvgIpc) is 2.17. The van der Waals surface area contributed by atoms with Crippen LogP contribution in [0.1, 0.15) is 27.2 Å². The standard InChI is InChI=1S/C7H13/c1-5(2)7-4-6(7)3/h6-7H,4H2,1-3H3/q+1/t6-,7+/m0/s1. The Morgan fingerprint density at radius 2 is 1.86 bits per heavy atom. The van der Waals surface area contributed by atoms with Crippen LogP contribution >= 0.6 is 0 Å². The van der Waals surface area contributed by atoms with E-state index in [2.05, 4.69) is 20.8 Å². The highest BCUT2D eigenvalue weighted by Gasteiger charge is 2.43. The van der Waals surface area contributed by atoms with Crippen molar-refractivity contribution in [3.05, 3.63) is 5.92 Å². The largest absolute Gasteiger partial charge is 0.103 e. The zero-order valence-electron chi connectivity index (χ0n) is 5.36. The van der Waals surface area contributed by atoms with Gasteiger partial charge >= 0.3 is 0 Å². The van der Waals surface area contributed by atoms with E-state index in [9.17, 15) is 0 Å². The first-order valence-corrected chi connectivity index (χ1v) is 3.02. The highest BCUT2D eigenvalue weighted by molar-refractivity contribution is 5.00. The molecule has 0 saturated heterocycles. The Morgan fingerprint density at radius 1 is 1.43 bits per heavy atom. The van der Waals surface area contributed by atoms with Gasteiger partial charge in [0.15, 0.2) is 0 Å². The molecule has 0 aromatic heterocycles. The van der Waals surface area contributed by atoms with Gasteiger partial charge < -0.3 is 0 Å². The van der Waals surface area contributed by atoms with E-state index < -0.39 is 0 Å². The molecule has 1 rings (SSSR count). The van der Waals surface area contributed by atoms with Crippen molar-refractivity contribution in [1.82, 2.24) is 0 Å². The molecule has 1 fully saturated rings. The topological polar surface area (TPSA) is 0 Å². The van der Waals surface area contributed by atoms with Gasteiger partial charge in [-0.05, 0) is 6.42 Å². The van der Waals surface area contributed by atoms with Crippen LogP contribution in [0.5, 0.6) is 0 Å². The lowest BCUT2D eigenvalue weighted by atomic mass is 10.1. The van der Waals surface area contributed by atoms with E-state index in [1.165, 1.54) is 6.42 Å². The molecule has 0 spiro atoms. The molecule has 0 radical (unpaired) electrons. The molecule has 0 bridgehead atoms. The van der Waals surface area contributed by atoms with Crippen molar-refractivity contribution in [3.63, 3.8) is 0 Å². The van der Waals surface area contributed by atoms with E-state index in [0.717, 1.165) is 11.8 Å². The first-order valence-electron chi connectivity index (χ1n) is 3.02. The summed E-state index contributed by atoms with van der Waals surface area (Å²) in [5.41, 5.74) is 0. The molecular weight excluding hydrogens is 84.1 g/mol. The Labute approximate surface area is 45.9 Å². The molecule has 0 aromatic carbocycles. The minimum absolute atomic E-state index is 0.986. The SMILES string of the molecule is C[C+](C)[C@H]1C[C@@H]1C. The van der Waals surface area contributed by atoms with Gasteiger partial charge in [-0.25, -0.2) is 0 Å². The second-order valence-electron chi connectivity index (χ2n) is 2.90. The summed E-state index contributed by atoms with van der Waals surface area (Å²) in [6, 6.07) is 0. The third-order valence-electron chi connectivity index (χ3n) is 1.85. The quantitative estimate of drug-likeness (QED) is 0.440. The van der Waals surface area contributed by atoms with Gasteiger partial charge in [0, 0.05) is 5.92 Å². The van der Waals surface area contributed by atoms with Crippen LogP contribution in [0.25, 0.3) is 0 Å². The van der Waals surface area contributed by atoms with Crippen molar-refractivity contribution in [2.75, 3.05) is 0 Å². The van der Waals surface area contributed by atoms with Gasteiger partial charge in [0.1, 0.15) is 5.92 Å². The summed E-state index contributed by atoms with van der Waals surface area (Å²) in [5, 5.41) is 0. The van der Waals surface area contributed by atoms with E-state index in [4.69, 9.17) is 0 Å². The van der Waals surface area contributed by atoms with Gasteiger partial charge in [-0.15, -0.1) is 0 Å². The van der Waals surface area contributed by atoms with Crippen LogP contribution in [0.3, 0.4) is 0 Å². The molecule has 0 N–H and O–H groups in total. The van der Waals surface area contributed by atoms with E-state index in [1.54, 1.807) is 5.92 Å². The monoisotopic (exact) mass is 97.1 g/mol. The zero-order valence-corrected chi connectivity index (χ0v) is 5.36. The predicted octanol–water partition coefficient (Wildman–Crippen LogP) is 2.26. The summed E-state index contributed by atoms with van der Waals surface area (Å²) < 4.78 is 0. The predicted molar refractivity (Wildman–Crippen MR) is 31.9 cm³/mol. The summed E-state index contributed by atoms with van der Waals surface area (Å²) in [6.07, 6.45) is 1.45. The van der Waals surface area contributed by atoms with Crippen molar-refractivity contribution in [2.24, 2.45) is 11.8 Å². The normalized spacial score (nSPS) is 38.1. The van der Waals surface area contributed by atoms with E-state index in [-0.39, 0.29) is 0 Å². The van der Waals surface area contributed by atoms with Crippen molar-refractivity contribution >= 4 is 0 Å². The molecule has 0 heterocycles. The fourth-order valence-electron chi connectivity index (χ4n) is 1.13. The van der Waals surface area contributed by atoms with Crippen molar-refractivity contribution in [3.8, 4) is 0 Å². The summed E-state index contributed by atoms with van der Waals surface area (Å²) in [4.78, 5) is 0. The first-order chi connectivity index (χ1) is 3.22. The third-order valence-corrected chi connectivity index (χ3v) is 1.85. The minimum Gasteiger partial charge on any atom is -0.0580 e. The molecular formula is C7H13+. The summed E-state index contributed by atoms with van der Waals surface area (Å²) in [5.74, 6) is 3.61. The van der Waals surface area contributed by atoms with Gasteiger partial charge in [-0.1, -0.05) is 6.92 Å². The lowest BCUT2D eigenvalue weighted by Crippen LogP contribution is -1.86. The highest BCUT2D eigenvalue weighted by Crippen LogP contribution is 2.44. The first kappa shape index (κ1) is 5.02. The number of hydrogen-bond donors (Lipinski definition) is 0. The molecule has 7 heavy (non-hydrogen) atoms. The molecule has 1 aliphatic carbocycles. The van der Waals surface area contributed by atoms with Crippen LogP contribution in [-0.4, -0.2) is 0 Å². The van der Waals surface area contributed by atoms with Gasteiger partial charge in [0.25, 0.3) is 0 Å². The van der Waals surface area contributed by atoms with Gasteiger partial charge in [0.05, 0.1) is 19.8 Å². The van der Waals surface area contributed by atoms with Crippen LogP contribution in [0, 0.1) is 17.8 Å². The molecule has 0 heteroatoms. The Balaban J connectivity index is 2.20. The Morgan fingerprint density at radius 3 is 1.86 bits per heavy atom. The molecule has 1 saturated carbocycles.